The molecule has 0 bridgehead atoms. The molecule has 1 saturated heterocycles. The van der Waals surface area contributed by atoms with E-state index in [1.54, 1.807) is 12.4 Å². The van der Waals surface area contributed by atoms with Crippen LogP contribution in [0.3, 0.4) is 0 Å². The number of aromatic nitrogens is 2. The Morgan fingerprint density at radius 1 is 1.29 bits per heavy atom. The van der Waals surface area contributed by atoms with Gasteiger partial charge < -0.3 is 15.3 Å². The summed E-state index contributed by atoms with van der Waals surface area (Å²) < 4.78 is 0. The van der Waals surface area contributed by atoms with E-state index in [9.17, 15) is 14.7 Å². The van der Waals surface area contributed by atoms with Crippen molar-refractivity contribution in [3.8, 4) is 0 Å². The predicted molar refractivity (Wildman–Crippen MR) is 73.5 cm³/mol. The van der Waals surface area contributed by atoms with Gasteiger partial charge in [0.1, 0.15) is 5.82 Å². The Labute approximate surface area is 122 Å². The highest BCUT2D eigenvalue weighted by Crippen LogP contribution is 2.37. The van der Waals surface area contributed by atoms with Crippen LogP contribution in [0, 0.1) is 0 Å². The molecule has 1 aliphatic carbocycles. The molecule has 0 aromatic carbocycles. The second-order valence-corrected chi connectivity index (χ2v) is 5.69. The van der Waals surface area contributed by atoms with Crippen molar-refractivity contribution in [1.29, 1.82) is 0 Å². The zero-order valence-electron chi connectivity index (χ0n) is 11.8. The molecule has 0 unspecified atom stereocenters. The smallest absolute Gasteiger partial charge is 0.257 e. The minimum absolute atomic E-state index is 0.203. The van der Waals surface area contributed by atoms with E-state index in [0.29, 0.717) is 18.0 Å². The predicted octanol–water partition coefficient (Wildman–Crippen LogP) is -0.325. The summed E-state index contributed by atoms with van der Waals surface area (Å²) in [4.78, 5) is 33.4. The van der Waals surface area contributed by atoms with Crippen LogP contribution >= 0.6 is 0 Å². The minimum Gasteiger partial charge on any atom is -0.389 e. The van der Waals surface area contributed by atoms with E-state index < -0.39 is 12.1 Å². The van der Waals surface area contributed by atoms with Crippen molar-refractivity contribution in [3.63, 3.8) is 0 Å². The second-order valence-electron chi connectivity index (χ2n) is 5.69. The number of nitrogens with zero attached hydrogens (tertiary/aromatic N) is 3. The van der Waals surface area contributed by atoms with E-state index >= 15 is 0 Å². The maximum Gasteiger partial charge on any atom is 0.257 e. The molecule has 2 heterocycles. The van der Waals surface area contributed by atoms with Crippen molar-refractivity contribution < 1.29 is 14.7 Å². The van der Waals surface area contributed by atoms with Crippen molar-refractivity contribution in [2.75, 3.05) is 13.1 Å². The van der Waals surface area contributed by atoms with Gasteiger partial charge >= 0.3 is 0 Å². The molecule has 0 spiro atoms. The highest BCUT2D eigenvalue weighted by Gasteiger charge is 2.35. The molecule has 112 valence electrons. The topological polar surface area (TPSA) is 95.4 Å². The number of β-amino-alcohol motifs (C(OH)–C–C–N with tert-alkyl or cyclic N) is 1. The van der Waals surface area contributed by atoms with Crippen LogP contribution in [0.5, 0.6) is 0 Å². The molecular formula is C14H18N4O3. The van der Waals surface area contributed by atoms with Gasteiger partial charge in [0.25, 0.3) is 5.91 Å². The van der Waals surface area contributed by atoms with Crippen molar-refractivity contribution in [3.05, 3.63) is 23.8 Å². The number of carbonyl (C=O) groups excluding carboxylic acids is 2. The molecule has 1 aromatic heterocycles. The van der Waals surface area contributed by atoms with Crippen LogP contribution in [0.2, 0.25) is 0 Å². The number of carbonyl (C=O) groups is 2. The summed E-state index contributed by atoms with van der Waals surface area (Å²) >= 11 is 0. The summed E-state index contributed by atoms with van der Waals surface area (Å²) in [6, 6.07) is -0.418. The Morgan fingerprint density at radius 3 is 2.52 bits per heavy atom. The Morgan fingerprint density at radius 2 is 1.95 bits per heavy atom. The van der Waals surface area contributed by atoms with E-state index in [0.717, 1.165) is 18.7 Å². The van der Waals surface area contributed by atoms with Gasteiger partial charge in [0.15, 0.2) is 0 Å². The lowest BCUT2D eigenvalue weighted by Gasteiger charge is -2.16. The number of nitrogens with one attached hydrogen (secondary N) is 1. The van der Waals surface area contributed by atoms with E-state index in [1.807, 2.05) is 0 Å². The van der Waals surface area contributed by atoms with Gasteiger partial charge in [-0.3, -0.25) is 9.59 Å². The molecule has 2 atom stereocenters. The molecule has 1 aliphatic heterocycles. The summed E-state index contributed by atoms with van der Waals surface area (Å²) in [6.45, 7) is 1.89. The normalized spacial score (nSPS) is 25.0. The van der Waals surface area contributed by atoms with Crippen molar-refractivity contribution in [2.45, 2.75) is 37.8 Å². The maximum atomic E-state index is 12.3. The van der Waals surface area contributed by atoms with Crippen molar-refractivity contribution >= 4 is 11.8 Å². The first-order chi connectivity index (χ1) is 10.0. The molecule has 2 fully saturated rings. The molecular weight excluding hydrogens is 272 g/mol. The van der Waals surface area contributed by atoms with Crippen LogP contribution in [0.15, 0.2) is 12.4 Å². The highest BCUT2D eigenvalue weighted by molar-refractivity contribution is 5.94. The van der Waals surface area contributed by atoms with Crippen LogP contribution in [-0.4, -0.2) is 57.0 Å². The Kier molecular flexibility index (Phi) is 3.59. The maximum absolute atomic E-state index is 12.3. The number of rotatable bonds is 3. The fourth-order valence-corrected chi connectivity index (χ4v) is 2.54. The lowest BCUT2D eigenvalue weighted by Crippen LogP contribution is -2.41. The number of amides is 2. The zero-order chi connectivity index (χ0) is 15.0. The fourth-order valence-electron chi connectivity index (χ4n) is 2.54. The van der Waals surface area contributed by atoms with Gasteiger partial charge in [-0.05, 0) is 12.8 Å². The second kappa shape index (κ2) is 5.40. The number of aliphatic hydroxyl groups excluding tert-OH is 1. The van der Waals surface area contributed by atoms with Gasteiger partial charge in [0.2, 0.25) is 5.91 Å². The fraction of sp³-hybridized carbons (Fsp3) is 0.571. The summed E-state index contributed by atoms with van der Waals surface area (Å²) in [5.74, 6) is 0.811. The van der Waals surface area contributed by atoms with Gasteiger partial charge in [-0.15, -0.1) is 0 Å². The van der Waals surface area contributed by atoms with Gasteiger partial charge in [0.05, 0.1) is 17.7 Å². The summed E-state index contributed by atoms with van der Waals surface area (Å²) in [6.07, 6.45) is 4.57. The molecule has 1 aromatic rings. The van der Waals surface area contributed by atoms with Crippen LogP contribution in [-0.2, 0) is 4.79 Å². The molecule has 3 rings (SSSR count). The average Bonchev–Trinajstić information content (AvgIpc) is 3.24. The van der Waals surface area contributed by atoms with E-state index in [-0.39, 0.29) is 18.4 Å². The summed E-state index contributed by atoms with van der Waals surface area (Å²) in [5, 5.41) is 12.5. The van der Waals surface area contributed by atoms with E-state index in [2.05, 4.69) is 15.3 Å². The number of hydrogen-bond donors (Lipinski definition) is 2. The highest BCUT2D eigenvalue weighted by atomic mass is 16.3. The molecule has 1 saturated carbocycles. The van der Waals surface area contributed by atoms with Gasteiger partial charge in [-0.1, -0.05) is 0 Å². The largest absolute Gasteiger partial charge is 0.389 e. The molecule has 2 aliphatic rings. The third-order valence-corrected chi connectivity index (χ3v) is 3.83. The van der Waals surface area contributed by atoms with E-state index in [1.165, 1.54) is 11.8 Å². The van der Waals surface area contributed by atoms with Crippen LogP contribution in [0.4, 0.5) is 0 Å². The van der Waals surface area contributed by atoms with Gasteiger partial charge in [-0.2, -0.15) is 0 Å². The van der Waals surface area contributed by atoms with E-state index in [4.69, 9.17) is 0 Å². The molecule has 21 heavy (non-hydrogen) atoms. The first-order valence-corrected chi connectivity index (χ1v) is 7.11. The first-order valence-electron chi connectivity index (χ1n) is 7.11. The number of hydrogen-bond acceptors (Lipinski definition) is 5. The molecule has 2 N–H and O–H groups in total. The molecule has 7 nitrogen and oxygen atoms in total. The molecule has 2 amide bonds. The Bertz CT molecular complexity index is 556. The zero-order valence-corrected chi connectivity index (χ0v) is 11.8. The number of aliphatic hydroxyl groups is 1. The minimum atomic E-state index is -0.746. The lowest BCUT2D eigenvalue weighted by molar-refractivity contribution is -0.120. The van der Waals surface area contributed by atoms with Gasteiger partial charge in [-0.25, -0.2) is 9.97 Å². The van der Waals surface area contributed by atoms with Crippen molar-refractivity contribution in [2.24, 2.45) is 0 Å². The number of likely N-dealkylation sites (tertiary alicyclic amines) is 1. The monoisotopic (exact) mass is 290 g/mol. The SMILES string of the molecule is CC(=O)N[C@@H]1CN(C(=O)c2cnc(C3CC3)nc2)C[C@H]1O. The van der Waals surface area contributed by atoms with Crippen LogP contribution < -0.4 is 5.32 Å². The van der Waals surface area contributed by atoms with Gasteiger partial charge in [0, 0.05) is 38.3 Å². The standard InChI is InChI=1S/C14H18N4O3/c1-8(19)17-11-6-18(7-12(11)20)14(21)10-4-15-13(16-5-10)9-2-3-9/h4-5,9,11-12,20H,2-3,6-7H2,1H3,(H,17,19)/t11-,12-/m1/s1. The third kappa shape index (κ3) is 3.02. The summed E-state index contributed by atoms with van der Waals surface area (Å²) in [5.41, 5.74) is 0.412. The quantitative estimate of drug-likeness (QED) is 0.795. The third-order valence-electron chi connectivity index (χ3n) is 3.83. The average molecular weight is 290 g/mol. The van der Waals surface area contributed by atoms with Crippen LogP contribution in [0.1, 0.15) is 41.9 Å². The Hall–Kier alpha value is -2.02. The summed E-state index contributed by atoms with van der Waals surface area (Å²) in [7, 11) is 0. The molecule has 7 heteroatoms. The Balaban J connectivity index is 1.66. The molecule has 0 radical (unpaired) electrons. The van der Waals surface area contributed by atoms with Crippen molar-refractivity contribution in [1.82, 2.24) is 20.2 Å². The lowest BCUT2D eigenvalue weighted by atomic mass is 10.2. The first kappa shape index (κ1) is 13.9. The van der Waals surface area contributed by atoms with Crippen LogP contribution in [0.25, 0.3) is 0 Å².